The van der Waals surface area contributed by atoms with Crippen LogP contribution in [0.2, 0.25) is 0 Å². The fourth-order valence-electron chi connectivity index (χ4n) is 7.84. The Balaban J connectivity index is 0.000000187. The van der Waals surface area contributed by atoms with Gasteiger partial charge in [-0.3, -0.25) is 9.97 Å². The van der Waals surface area contributed by atoms with Crippen LogP contribution >= 0.6 is 0 Å². The summed E-state index contributed by atoms with van der Waals surface area (Å²) in [5.41, 5.74) is 13.1. The van der Waals surface area contributed by atoms with Gasteiger partial charge in [0.05, 0.1) is 11.4 Å². The maximum atomic E-state index is 4.19. The van der Waals surface area contributed by atoms with Gasteiger partial charge in [-0.05, 0) is 118 Å². The van der Waals surface area contributed by atoms with Crippen molar-refractivity contribution in [2.75, 3.05) is 33.2 Å². The molecule has 8 rings (SSSR count). The molecule has 2 saturated heterocycles. The lowest BCUT2D eigenvalue weighted by Crippen LogP contribution is -2.29. The molecule has 2 fully saturated rings. The van der Waals surface area contributed by atoms with E-state index in [0.29, 0.717) is 11.8 Å². The van der Waals surface area contributed by atoms with Crippen LogP contribution in [0.5, 0.6) is 0 Å². The molecule has 0 amide bonds. The fraction of sp³-hybridized carbons (Fsp3) is 0.362. The van der Waals surface area contributed by atoms with Crippen molar-refractivity contribution in [2.24, 2.45) is 14.1 Å². The number of hydrogen-bond acceptors (Lipinski definition) is 4. The van der Waals surface area contributed by atoms with Crippen molar-refractivity contribution in [1.29, 1.82) is 0 Å². The van der Waals surface area contributed by atoms with Gasteiger partial charge in [-0.1, -0.05) is 88.4 Å². The van der Waals surface area contributed by atoms with E-state index in [2.05, 4.69) is 148 Å². The van der Waals surface area contributed by atoms with Crippen molar-refractivity contribution >= 4 is 0 Å². The summed E-state index contributed by atoms with van der Waals surface area (Å²) in [4.78, 5) is 10.8. The predicted molar refractivity (Wildman–Crippen MR) is 225 cm³/mol. The molecule has 0 bridgehead atoms. The van der Waals surface area contributed by atoms with Crippen molar-refractivity contribution in [3.05, 3.63) is 133 Å². The third kappa shape index (κ3) is 9.42. The zero-order valence-electron chi connectivity index (χ0n) is 33.1. The van der Waals surface area contributed by atoms with E-state index in [-0.39, 0.29) is 0 Å². The highest BCUT2D eigenvalue weighted by Gasteiger charge is 2.25. The molecule has 2 aromatic carbocycles. The van der Waals surface area contributed by atoms with Crippen molar-refractivity contribution in [3.63, 3.8) is 0 Å². The van der Waals surface area contributed by atoms with Gasteiger partial charge in [0.1, 0.15) is 0 Å². The first-order chi connectivity index (χ1) is 26.1. The molecule has 2 aliphatic rings. The molecular formula is C47H60N6. The summed E-state index contributed by atoms with van der Waals surface area (Å²) < 4.78 is 4.82. The lowest BCUT2D eigenvalue weighted by molar-refractivity contribution is 0.252. The number of pyridine rings is 2. The van der Waals surface area contributed by atoms with E-state index in [1.54, 1.807) is 0 Å². The largest absolute Gasteiger partial charge is 0.347 e. The zero-order chi connectivity index (χ0) is 37.6. The molecule has 0 unspecified atom stereocenters. The second-order valence-corrected chi connectivity index (χ2v) is 13.6. The van der Waals surface area contributed by atoms with Gasteiger partial charge in [-0.15, -0.1) is 0 Å². The summed E-state index contributed by atoms with van der Waals surface area (Å²) in [5, 5.41) is 3.47. The molecular weight excluding hydrogens is 649 g/mol. The maximum Gasteiger partial charge on any atom is 0.0559 e. The van der Waals surface area contributed by atoms with Gasteiger partial charge in [-0.25, -0.2) is 0 Å². The van der Waals surface area contributed by atoms with E-state index in [4.69, 9.17) is 0 Å². The summed E-state index contributed by atoms with van der Waals surface area (Å²) >= 11 is 0. The van der Waals surface area contributed by atoms with Crippen LogP contribution in [0.1, 0.15) is 76.6 Å². The van der Waals surface area contributed by atoms with Crippen LogP contribution in [0.15, 0.2) is 122 Å². The average Bonchev–Trinajstić information content (AvgIpc) is 3.78. The maximum absolute atomic E-state index is 4.19. The van der Waals surface area contributed by atoms with E-state index in [1.165, 1.54) is 94.9 Å². The molecule has 1 N–H and O–H groups in total. The van der Waals surface area contributed by atoms with E-state index in [1.807, 2.05) is 52.5 Å². The number of aromatic nitrogens is 4. The Kier molecular flexibility index (Phi) is 14.8. The van der Waals surface area contributed by atoms with Crippen LogP contribution < -0.4 is 5.32 Å². The molecule has 53 heavy (non-hydrogen) atoms. The SMILES string of the molecule is CC.CC.CN1CCC(c2cc(-c3ccncc3)c(-c3ccccc3)n2C)CC1.Cn1c(C2CCNCC2)cc(-c2ccncc2)c1-c1ccccc1. The average molecular weight is 709 g/mol. The number of hydrogen-bond donors (Lipinski definition) is 1. The smallest absolute Gasteiger partial charge is 0.0559 e. The third-order valence-electron chi connectivity index (χ3n) is 10.5. The van der Waals surface area contributed by atoms with Gasteiger partial charge < -0.3 is 19.4 Å². The molecule has 278 valence electrons. The quantitative estimate of drug-likeness (QED) is 0.187. The van der Waals surface area contributed by atoms with E-state index < -0.39 is 0 Å². The highest BCUT2D eigenvalue weighted by atomic mass is 15.1. The number of nitrogens with one attached hydrogen (secondary N) is 1. The zero-order valence-corrected chi connectivity index (χ0v) is 33.1. The molecule has 4 aromatic heterocycles. The lowest BCUT2D eigenvalue weighted by atomic mass is 9.93. The molecule has 6 heterocycles. The van der Waals surface area contributed by atoms with Crippen LogP contribution in [-0.4, -0.2) is 57.2 Å². The normalized spacial score (nSPS) is 14.9. The van der Waals surface area contributed by atoms with Gasteiger partial charge in [0, 0.05) is 73.2 Å². The van der Waals surface area contributed by atoms with Gasteiger partial charge >= 0.3 is 0 Å². The Morgan fingerprint density at radius 3 is 1.26 bits per heavy atom. The molecule has 0 atom stereocenters. The minimum atomic E-state index is 0.634. The molecule has 0 aliphatic carbocycles. The lowest BCUT2D eigenvalue weighted by Gasteiger charge is -2.29. The Bertz CT molecular complexity index is 1920. The summed E-state index contributed by atoms with van der Waals surface area (Å²) in [6.07, 6.45) is 12.4. The minimum Gasteiger partial charge on any atom is -0.347 e. The molecule has 2 aliphatic heterocycles. The second kappa shape index (κ2) is 19.9. The highest BCUT2D eigenvalue weighted by molar-refractivity contribution is 5.83. The first kappa shape index (κ1) is 39.4. The van der Waals surface area contributed by atoms with Gasteiger partial charge in [0.25, 0.3) is 0 Å². The van der Waals surface area contributed by atoms with E-state index in [0.717, 1.165) is 13.1 Å². The van der Waals surface area contributed by atoms with Crippen molar-refractivity contribution in [3.8, 4) is 44.8 Å². The summed E-state index contributed by atoms with van der Waals surface area (Å²) in [6, 6.07) is 34.7. The van der Waals surface area contributed by atoms with Gasteiger partial charge in [0.2, 0.25) is 0 Å². The molecule has 6 aromatic rings. The molecule has 0 radical (unpaired) electrons. The van der Waals surface area contributed by atoms with Crippen LogP contribution in [0.4, 0.5) is 0 Å². The van der Waals surface area contributed by atoms with Crippen LogP contribution in [0.25, 0.3) is 44.8 Å². The van der Waals surface area contributed by atoms with E-state index >= 15 is 0 Å². The fourth-order valence-corrected chi connectivity index (χ4v) is 7.84. The summed E-state index contributed by atoms with van der Waals surface area (Å²) in [6.45, 7) is 12.6. The number of nitrogens with zero attached hydrogens (tertiary/aromatic N) is 5. The minimum absolute atomic E-state index is 0.634. The highest BCUT2D eigenvalue weighted by Crippen LogP contribution is 2.40. The number of piperidine rings is 2. The number of rotatable bonds is 6. The Labute approximate surface area is 319 Å². The summed E-state index contributed by atoms with van der Waals surface area (Å²) in [5.74, 6) is 1.27. The van der Waals surface area contributed by atoms with Crippen molar-refractivity contribution in [2.45, 2.75) is 65.2 Å². The first-order valence-corrected chi connectivity index (χ1v) is 19.8. The molecule has 0 saturated carbocycles. The topological polar surface area (TPSA) is 50.9 Å². The Morgan fingerprint density at radius 1 is 0.491 bits per heavy atom. The first-order valence-electron chi connectivity index (χ1n) is 19.8. The van der Waals surface area contributed by atoms with Gasteiger partial charge in [-0.2, -0.15) is 0 Å². The molecule has 6 nitrogen and oxygen atoms in total. The summed E-state index contributed by atoms with van der Waals surface area (Å²) in [7, 11) is 6.66. The number of likely N-dealkylation sites (tertiary alicyclic amines) is 1. The number of benzene rings is 2. The Hall–Kier alpha value is -4.78. The second-order valence-electron chi connectivity index (χ2n) is 13.6. The third-order valence-corrected chi connectivity index (χ3v) is 10.5. The van der Waals surface area contributed by atoms with Gasteiger partial charge in [0.15, 0.2) is 0 Å². The van der Waals surface area contributed by atoms with Crippen LogP contribution in [-0.2, 0) is 14.1 Å². The predicted octanol–water partition coefficient (Wildman–Crippen LogP) is 10.8. The van der Waals surface area contributed by atoms with Crippen LogP contribution in [0.3, 0.4) is 0 Å². The molecule has 0 spiro atoms. The van der Waals surface area contributed by atoms with Crippen LogP contribution in [0, 0.1) is 0 Å². The van der Waals surface area contributed by atoms with Crippen molar-refractivity contribution in [1.82, 2.24) is 29.3 Å². The monoisotopic (exact) mass is 708 g/mol. The van der Waals surface area contributed by atoms with Crippen molar-refractivity contribution < 1.29 is 0 Å². The molecule has 6 heteroatoms. The standard InChI is InChI=1S/C22H25N3.C21H23N3.2C2H6/c1-24-14-10-18(11-15-24)21-16-20(17-8-12-23-13-9-17)22(25(21)2)19-6-4-3-5-7-19;1-24-20(17-9-13-23-14-10-17)15-19(16-7-11-22-12-8-16)21(24)18-5-3-2-4-6-18;2*1-2/h3-9,12-13,16,18H,10-11,14-15H2,1-2H3;2-8,11-12,15,17,23H,9-10,13-14H2,1H3;2*1-2H3. The van der Waals surface area contributed by atoms with E-state index in [9.17, 15) is 0 Å². The Morgan fingerprint density at radius 2 is 0.868 bits per heavy atom.